The fourth-order valence-electron chi connectivity index (χ4n) is 1.40. The highest BCUT2D eigenvalue weighted by Gasteiger charge is 2.29. The lowest BCUT2D eigenvalue weighted by Crippen LogP contribution is -2.37. The first-order valence-electron chi connectivity index (χ1n) is 5.55. The third kappa shape index (κ3) is 3.66. The van der Waals surface area contributed by atoms with Crippen molar-refractivity contribution in [2.75, 3.05) is 0 Å². The Morgan fingerprint density at radius 1 is 1.45 bits per heavy atom. The molecule has 9 heteroatoms. The molecule has 1 atom stereocenters. The maximum atomic E-state index is 12.1. The lowest BCUT2D eigenvalue weighted by Gasteiger charge is -2.15. The van der Waals surface area contributed by atoms with Gasteiger partial charge in [-0.25, -0.2) is 8.42 Å². The quantitative estimate of drug-likeness (QED) is 0.659. The van der Waals surface area contributed by atoms with Crippen molar-refractivity contribution in [3.05, 3.63) is 33.3 Å². The monoisotopic (exact) mass is 317 g/mol. The second kappa shape index (κ2) is 6.17. The molecule has 108 valence electrons. The zero-order valence-corrected chi connectivity index (χ0v) is 12.3. The number of nitro groups is 1. The van der Waals surface area contributed by atoms with E-state index in [1.165, 1.54) is 6.07 Å². The van der Waals surface area contributed by atoms with Crippen molar-refractivity contribution in [1.82, 2.24) is 4.72 Å². The maximum absolute atomic E-state index is 12.1. The molecule has 0 aliphatic heterocycles. The number of sulfonamides is 1. The Morgan fingerprint density at radius 2 is 2.05 bits per heavy atom. The van der Waals surface area contributed by atoms with Crippen LogP contribution in [-0.2, 0) is 10.0 Å². The summed E-state index contributed by atoms with van der Waals surface area (Å²) in [5.41, 5.74) is -0.634. The van der Waals surface area contributed by atoms with Gasteiger partial charge < -0.3 is 0 Å². The molecule has 1 aromatic carbocycles. The van der Waals surface area contributed by atoms with Crippen LogP contribution in [0.1, 0.15) is 13.8 Å². The molecule has 20 heavy (non-hydrogen) atoms. The van der Waals surface area contributed by atoms with Crippen LogP contribution in [0.5, 0.6) is 0 Å². The van der Waals surface area contributed by atoms with Crippen molar-refractivity contribution in [2.45, 2.75) is 24.8 Å². The topological polar surface area (TPSA) is 113 Å². The second-order valence-corrected chi connectivity index (χ2v) is 6.46. The summed E-state index contributed by atoms with van der Waals surface area (Å²) in [6, 6.07) is 4.05. The van der Waals surface area contributed by atoms with Crippen molar-refractivity contribution in [3.63, 3.8) is 0 Å². The smallest absolute Gasteiger partial charge is 0.258 e. The van der Waals surface area contributed by atoms with E-state index in [9.17, 15) is 18.5 Å². The SMILES string of the molecule is CC(C)C(C#N)NS(=O)(=O)c1ccc(Cl)cc1[N+](=O)[O-]. The van der Waals surface area contributed by atoms with E-state index < -0.39 is 31.6 Å². The van der Waals surface area contributed by atoms with E-state index >= 15 is 0 Å². The molecule has 0 bridgehead atoms. The molecule has 0 spiro atoms. The number of benzene rings is 1. The van der Waals surface area contributed by atoms with Gasteiger partial charge in [-0.3, -0.25) is 10.1 Å². The van der Waals surface area contributed by atoms with Crippen LogP contribution in [0, 0.1) is 27.4 Å². The molecule has 0 amide bonds. The molecule has 0 aliphatic carbocycles. The van der Waals surface area contributed by atoms with E-state index in [1.54, 1.807) is 19.9 Å². The molecule has 1 unspecified atom stereocenters. The number of nitro benzene ring substituents is 1. The zero-order valence-electron chi connectivity index (χ0n) is 10.7. The standard InChI is InChI=1S/C11H12ClN3O4S/c1-7(2)9(6-13)14-20(18,19)11-4-3-8(12)5-10(11)15(16)17/h3-5,7,9,14H,1-2H3. The van der Waals surface area contributed by atoms with Crippen molar-refractivity contribution in [1.29, 1.82) is 5.26 Å². The van der Waals surface area contributed by atoms with Crippen LogP contribution in [0.3, 0.4) is 0 Å². The summed E-state index contributed by atoms with van der Waals surface area (Å²) in [6.07, 6.45) is 0. The molecule has 0 radical (unpaired) electrons. The number of hydrogen-bond acceptors (Lipinski definition) is 5. The lowest BCUT2D eigenvalue weighted by molar-refractivity contribution is -0.387. The van der Waals surface area contributed by atoms with Gasteiger partial charge in [0.15, 0.2) is 4.90 Å². The first kappa shape index (κ1) is 16.4. The number of halogens is 1. The molecule has 7 nitrogen and oxygen atoms in total. The maximum Gasteiger partial charge on any atom is 0.290 e. The van der Waals surface area contributed by atoms with Crippen molar-refractivity contribution >= 4 is 27.3 Å². The Morgan fingerprint density at radius 3 is 2.50 bits per heavy atom. The highest BCUT2D eigenvalue weighted by atomic mass is 35.5. The minimum absolute atomic E-state index is 0.0522. The van der Waals surface area contributed by atoms with Crippen molar-refractivity contribution in [2.24, 2.45) is 5.92 Å². The predicted molar refractivity (Wildman–Crippen MR) is 72.7 cm³/mol. The van der Waals surface area contributed by atoms with E-state index in [1.807, 2.05) is 0 Å². The van der Waals surface area contributed by atoms with Crippen molar-refractivity contribution in [3.8, 4) is 6.07 Å². The Labute approximate surface area is 121 Å². The van der Waals surface area contributed by atoms with Crippen LogP contribution in [0.25, 0.3) is 0 Å². The van der Waals surface area contributed by atoms with Gasteiger partial charge in [0.05, 0.1) is 11.0 Å². The van der Waals surface area contributed by atoms with Crippen LogP contribution in [0.2, 0.25) is 5.02 Å². The molecule has 0 fully saturated rings. The fourth-order valence-corrected chi connectivity index (χ4v) is 3.01. The van der Waals surface area contributed by atoms with Crippen LogP contribution >= 0.6 is 11.6 Å². The van der Waals surface area contributed by atoms with E-state index in [-0.39, 0.29) is 10.9 Å². The molecule has 0 saturated carbocycles. The summed E-state index contributed by atoms with van der Waals surface area (Å²) in [4.78, 5) is 9.54. The number of nitrogens with one attached hydrogen (secondary N) is 1. The van der Waals surface area contributed by atoms with E-state index in [4.69, 9.17) is 16.9 Å². The predicted octanol–water partition coefficient (Wildman–Crippen LogP) is 2.07. The summed E-state index contributed by atoms with van der Waals surface area (Å²) in [5.74, 6) is -0.277. The Bertz CT molecular complexity index is 667. The van der Waals surface area contributed by atoms with Crippen LogP contribution < -0.4 is 4.72 Å². The minimum atomic E-state index is -4.18. The molecule has 1 N–H and O–H groups in total. The number of rotatable bonds is 5. The van der Waals surface area contributed by atoms with Gasteiger partial charge in [-0.1, -0.05) is 25.4 Å². The Balaban J connectivity index is 3.30. The van der Waals surface area contributed by atoms with Crippen LogP contribution in [0.4, 0.5) is 5.69 Å². The van der Waals surface area contributed by atoms with Gasteiger partial charge in [-0.05, 0) is 18.1 Å². The number of nitrogens with zero attached hydrogens (tertiary/aromatic N) is 2. The molecule has 0 saturated heterocycles. The molecule has 0 heterocycles. The van der Waals surface area contributed by atoms with Crippen molar-refractivity contribution < 1.29 is 13.3 Å². The third-order valence-corrected chi connectivity index (χ3v) is 4.22. The summed E-state index contributed by atoms with van der Waals surface area (Å²) in [7, 11) is -4.18. The molecule has 1 aromatic rings. The molecule has 0 aliphatic rings. The van der Waals surface area contributed by atoms with Crippen LogP contribution in [-0.4, -0.2) is 19.4 Å². The largest absolute Gasteiger partial charge is 0.290 e. The molecule has 0 aromatic heterocycles. The summed E-state index contributed by atoms with van der Waals surface area (Å²) >= 11 is 5.62. The van der Waals surface area contributed by atoms with E-state index in [2.05, 4.69) is 4.72 Å². The molecular formula is C11H12ClN3O4S. The van der Waals surface area contributed by atoms with Gasteiger partial charge in [0.1, 0.15) is 6.04 Å². The third-order valence-electron chi connectivity index (χ3n) is 2.50. The second-order valence-electron chi connectivity index (χ2n) is 4.34. The summed E-state index contributed by atoms with van der Waals surface area (Å²) < 4.78 is 26.4. The van der Waals surface area contributed by atoms with E-state index in [0.717, 1.165) is 12.1 Å². The molecule has 1 rings (SSSR count). The minimum Gasteiger partial charge on any atom is -0.258 e. The first-order valence-corrected chi connectivity index (χ1v) is 7.41. The summed E-state index contributed by atoms with van der Waals surface area (Å²) in [6.45, 7) is 3.32. The Hall–Kier alpha value is -1.69. The van der Waals surface area contributed by atoms with Gasteiger partial charge in [-0.2, -0.15) is 9.98 Å². The lowest BCUT2D eigenvalue weighted by atomic mass is 10.1. The highest BCUT2D eigenvalue weighted by Crippen LogP contribution is 2.27. The van der Waals surface area contributed by atoms with Gasteiger partial charge in [0.25, 0.3) is 5.69 Å². The van der Waals surface area contributed by atoms with Gasteiger partial charge in [0, 0.05) is 11.1 Å². The average Bonchev–Trinajstić information content (AvgIpc) is 2.35. The number of hydrogen-bond donors (Lipinski definition) is 1. The summed E-state index contributed by atoms with van der Waals surface area (Å²) in [5, 5.41) is 19.8. The molecular weight excluding hydrogens is 306 g/mol. The van der Waals surface area contributed by atoms with E-state index in [0.29, 0.717) is 0 Å². The highest BCUT2D eigenvalue weighted by molar-refractivity contribution is 7.89. The van der Waals surface area contributed by atoms with Gasteiger partial charge in [-0.15, -0.1) is 0 Å². The van der Waals surface area contributed by atoms with Gasteiger partial charge >= 0.3 is 0 Å². The zero-order chi connectivity index (χ0) is 15.5. The first-order chi connectivity index (χ1) is 9.19. The fraction of sp³-hybridized carbons (Fsp3) is 0.364. The number of nitriles is 1. The van der Waals surface area contributed by atoms with Gasteiger partial charge in [0.2, 0.25) is 10.0 Å². The van der Waals surface area contributed by atoms with Crippen LogP contribution in [0.15, 0.2) is 23.1 Å². The Kier molecular flexibility index (Phi) is 5.05. The average molecular weight is 318 g/mol. The normalized spacial score (nSPS) is 12.9.